The quantitative estimate of drug-likeness (QED) is 0.813. The first-order chi connectivity index (χ1) is 8.63. The maximum atomic E-state index is 12.5. The zero-order valence-electron chi connectivity index (χ0n) is 11.4. The highest BCUT2D eigenvalue weighted by atomic mass is 16.2. The number of nitrogens with zero attached hydrogens (tertiary/aromatic N) is 1. The topological polar surface area (TPSA) is 49.4 Å². The summed E-state index contributed by atoms with van der Waals surface area (Å²) in [4.78, 5) is 26.3. The largest absolute Gasteiger partial charge is 0.344 e. The van der Waals surface area contributed by atoms with Crippen LogP contribution in [0, 0.1) is 5.92 Å². The van der Waals surface area contributed by atoms with E-state index in [0.717, 1.165) is 12.8 Å². The van der Waals surface area contributed by atoms with E-state index in [1.165, 1.54) is 19.3 Å². The maximum Gasteiger partial charge on any atom is 0.245 e. The highest BCUT2D eigenvalue weighted by Gasteiger charge is 2.37. The van der Waals surface area contributed by atoms with Crippen LogP contribution in [0.4, 0.5) is 0 Å². The molecule has 2 unspecified atom stereocenters. The van der Waals surface area contributed by atoms with E-state index in [-0.39, 0.29) is 23.9 Å². The molecule has 2 atom stereocenters. The standard InChI is InChI=1S/C14H24N2O2/c1-3-16-10(2)9-12(17)15-13(14(16)18)11-7-5-4-6-8-11/h10-11,13H,3-9H2,1-2H3,(H,15,17). The molecule has 2 aliphatic rings. The van der Waals surface area contributed by atoms with Crippen LogP contribution in [0.1, 0.15) is 52.4 Å². The molecule has 2 fully saturated rings. The molecule has 0 aromatic carbocycles. The summed E-state index contributed by atoms with van der Waals surface area (Å²) in [5.41, 5.74) is 0. The van der Waals surface area contributed by atoms with E-state index in [9.17, 15) is 9.59 Å². The predicted octanol–water partition coefficient (Wildman–Crippen LogP) is 1.69. The van der Waals surface area contributed by atoms with Crippen LogP contribution in [-0.2, 0) is 9.59 Å². The molecular formula is C14H24N2O2. The predicted molar refractivity (Wildman–Crippen MR) is 70.0 cm³/mol. The normalized spacial score (nSPS) is 31.1. The van der Waals surface area contributed by atoms with E-state index in [0.29, 0.717) is 18.9 Å². The fourth-order valence-electron chi connectivity index (χ4n) is 3.32. The molecule has 1 aliphatic carbocycles. The minimum Gasteiger partial charge on any atom is -0.344 e. The van der Waals surface area contributed by atoms with Gasteiger partial charge in [0.15, 0.2) is 0 Å². The van der Waals surface area contributed by atoms with Crippen LogP contribution < -0.4 is 5.32 Å². The monoisotopic (exact) mass is 252 g/mol. The highest BCUT2D eigenvalue weighted by molar-refractivity contribution is 5.90. The molecular weight excluding hydrogens is 228 g/mol. The van der Waals surface area contributed by atoms with E-state index in [1.807, 2.05) is 18.7 Å². The lowest BCUT2D eigenvalue weighted by molar-refractivity contribution is -0.136. The third kappa shape index (κ3) is 2.68. The van der Waals surface area contributed by atoms with Crippen LogP contribution in [0.5, 0.6) is 0 Å². The molecule has 1 saturated carbocycles. The molecule has 1 aliphatic heterocycles. The first kappa shape index (κ1) is 13.4. The summed E-state index contributed by atoms with van der Waals surface area (Å²) < 4.78 is 0. The van der Waals surface area contributed by atoms with Crippen molar-refractivity contribution in [3.8, 4) is 0 Å². The van der Waals surface area contributed by atoms with Gasteiger partial charge in [-0.15, -0.1) is 0 Å². The molecule has 0 aromatic heterocycles. The van der Waals surface area contributed by atoms with Crippen LogP contribution in [-0.4, -0.2) is 35.3 Å². The van der Waals surface area contributed by atoms with Crippen molar-refractivity contribution in [2.75, 3.05) is 6.54 Å². The Labute approximate surface area is 109 Å². The van der Waals surface area contributed by atoms with Gasteiger partial charge in [-0.2, -0.15) is 0 Å². The molecule has 1 saturated heterocycles. The number of carbonyl (C=O) groups excluding carboxylic acids is 2. The minimum absolute atomic E-state index is 0.0242. The molecule has 4 heteroatoms. The van der Waals surface area contributed by atoms with Gasteiger partial charge >= 0.3 is 0 Å². The van der Waals surface area contributed by atoms with Gasteiger partial charge in [-0.1, -0.05) is 19.3 Å². The van der Waals surface area contributed by atoms with E-state index < -0.39 is 0 Å². The first-order valence-corrected chi connectivity index (χ1v) is 7.23. The number of nitrogens with one attached hydrogen (secondary N) is 1. The molecule has 18 heavy (non-hydrogen) atoms. The Balaban J connectivity index is 2.16. The van der Waals surface area contributed by atoms with Crippen molar-refractivity contribution in [2.45, 2.75) is 64.5 Å². The Morgan fingerprint density at radius 3 is 2.50 bits per heavy atom. The van der Waals surface area contributed by atoms with Crippen molar-refractivity contribution in [3.05, 3.63) is 0 Å². The fraction of sp³-hybridized carbons (Fsp3) is 0.857. The van der Waals surface area contributed by atoms with Gasteiger partial charge in [0.05, 0.1) is 0 Å². The van der Waals surface area contributed by atoms with Gasteiger partial charge in [0.25, 0.3) is 0 Å². The molecule has 1 N–H and O–H groups in total. The number of rotatable bonds is 2. The smallest absolute Gasteiger partial charge is 0.245 e. The Hall–Kier alpha value is -1.06. The van der Waals surface area contributed by atoms with Gasteiger partial charge in [-0.3, -0.25) is 9.59 Å². The molecule has 4 nitrogen and oxygen atoms in total. The van der Waals surface area contributed by atoms with Crippen molar-refractivity contribution in [1.29, 1.82) is 0 Å². The lowest BCUT2D eigenvalue weighted by atomic mass is 9.83. The fourth-order valence-corrected chi connectivity index (χ4v) is 3.32. The highest BCUT2D eigenvalue weighted by Crippen LogP contribution is 2.28. The molecule has 0 spiro atoms. The molecule has 2 amide bonds. The molecule has 0 bridgehead atoms. The van der Waals surface area contributed by atoms with Crippen LogP contribution in [0.2, 0.25) is 0 Å². The second-order valence-corrected chi connectivity index (χ2v) is 5.62. The number of carbonyl (C=O) groups is 2. The Kier molecular flexibility index (Phi) is 4.25. The average molecular weight is 252 g/mol. The molecule has 0 aromatic rings. The number of hydrogen-bond donors (Lipinski definition) is 1. The zero-order chi connectivity index (χ0) is 13.1. The lowest BCUT2D eigenvalue weighted by Gasteiger charge is -2.32. The van der Waals surface area contributed by atoms with E-state index in [4.69, 9.17) is 0 Å². The van der Waals surface area contributed by atoms with Gasteiger partial charge in [-0.25, -0.2) is 0 Å². The van der Waals surface area contributed by atoms with Crippen molar-refractivity contribution in [1.82, 2.24) is 10.2 Å². The zero-order valence-corrected chi connectivity index (χ0v) is 11.4. The summed E-state index contributed by atoms with van der Waals surface area (Å²) >= 11 is 0. The van der Waals surface area contributed by atoms with E-state index in [1.54, 1.807) is 0 Å². The van der Waals surface area contributed by atoms with Gasteiger partial charge in [0.2, 0.25) is 11.8 Å². The average Bonchev–Trinajstić information content (AvgIpc) is 2.47. The lowest BCUT2D eigenvalue weighted by Crippen LogP contribution is -2.50. The molecule has 1 heterocycles. The van der Waals surface area contributed by atoms with Crippen LogP contribution in [0.3, 0.4) is 0 Å². The maximum absolute atomic E-state index is 12.5. The second-order valence-electron chi connectivity index (χ2n) is 5.62. The van der Waals surface area contributed by atoms with E-state index >= 15 is 0 Å². The van der Waals surface area contributed by atoms with Gasteiger partial charge < -0.3 is 10.2 Å². The molecule has 0 radical (unpaired) electrons. The SMILES string of the molecule is CCN1C(=O)C(C2CCCCC2)NC(=O)CC1C. The van der Waals surface area contributed by atoms with Crippen LogP contribution in [0.25, 0.3) is 0 Å². The number of hydrogen-bond acceptors (Lipinski definition) is 2. The third-order valence-corrected chi connectivity index (χ3v) is 4.34. The summed E-state index contributed by atoms with van der Waals surface area (Å²) in [5.74, 6) is 0.500. The summed E-state index contributed by atoms with van der Waals surface area (Å²) in [6.45, 7) is 4.64. The molecule has 102 valence electrons. The Bertz CT molecular complexity index is 324. The number of amides is 2. The van der Waals surface area contributed by atoms with Gasteiger partial charge in [0, 0.05) is 19.0 Å². The van der Waals surface area contributed by atoms with Gasteiger partial charge in [-0.05, 0) is 32.6 Å². The minimum atomic E-state index is -0.275. The van der Waals surface area contributed by atoms with Crippen molar-refractivity contribution < 1.29 is 9.59 Å². The van der Waals surface area contributed by atoms with Gasteiger partial charge in [0.1, 0.15) is 6.04 Å². The molecule has 2 rings (SSSR count). The van der Waals surface area contributed by atoms with Crippen molar-refractivity contribution in [2.24, 2.45) is 5.92 Å². The first-order valence-electron chi connectivity index (χ1n) is 7.23. The Morgan fingerprint density at radius 1 is 1.22 bits per heavy atom. The second kappa shape index (κ2) is 5.72. The summed E-state index contributed by atoms with van der Waals surface area (Å²) in [6.07, 6.45) is 6.21. The van der Waals surface area contributed by atoms with Crippen LogP contribution >= 0.6 is 0 Å². The van der Waals surface area contributed by atoms with Crippen LogP contribution in [0.15, 0.2) is 0 Å². The summed E-state index contributed by atoms with van der Waals surface area (Å²) in [6, 6.07) is -0.251. The van der Waals surface area contributed by atoms with E-state index in [2.05, 4.69) is 5.32 Å². The number of likely N-dealkylation sites (N-methyl/N-ethyl adjacent to an activating group) is 1. The third-order valence-electron chi connectivity index (χ3n) is 4.34. The van der Waals surface area contributed by atoms with Crippen molar-refractivity contribution >= 4 is 11.8 Å². The summed E-state index contributed by atoms with van der Waals surface area (Å²) in [5, 5.41) is 2.96. The van der Waals surface area contributed by atoms with Crippen molar-refractivity contribution in [3.63, 3.8) is 0 Å². The Morgan fingerprint density at radius 2 is 1.89 bits per heavy atom. The summed E-state index contributed by atoms with van der Waals surface area (Å²) in [7, 11) is 0.